The molecule has 218 valence electrons. The third-order valence-corrected chi connectivity index (χ3v) is 9.43. The molecule has 1 aliphatic carbocycles. The Morgan fingerprint density at radius 2 is 1.59 bits per heavy atom. The molecule has 3 rings (SSSR count). The number of aliphatic hydroxyl groups excluding tert-OH is 2. The third kappa shape index (κ3) is 6.13. The molecule has 2 heterocycles. The minimum atomic E-state index is -5.84. The number of Topliss-reactive ketones (excluding diaryl/α,β-unsaturated/α-hetero) is 2. The van der Waals surface area contributed by atoms with Crippen molar-refractivity contribution in [2.45, 2.75) is 42.9 Å². The van der Waals surface area contributed by atoms with Crippen LogP contribution in [0.5, 0.6) is 0 Å². The Hall–Kier alpha value is -2.15. The normalized spacial score (nSPS) is 28.3. The van der Waals surface area contributed by atoms with Crippen LogP contribution in [0, 0.1) is 0 Å². The lowest BCUT2D eigenvalue weighted by Gasteiger charge is -2.29. The first-order valence-corrected chi connectivity index (χ1v) is 14.9. The molecule has 23 heteroatoms. The van der Waals surface area contributed by atoms with E-state index in [1.54, 1.807) is 0 Å². The maximum atomic E-state index is 13.3. The Labute approximate surface area is 216 Å². The van der Waals surface area contributed by atoms with E-state index in [9.17, 15) is 52.9 Å². The fourth-order valence-corrected chi connectivity index (χ4v) is 7.09. The highest BCUT2D eigenvalue weighted by atomic mass is 31.3. The number of aromatic nitrogens is 2. The van der Waals surface area contributed by atoms with Gasteiger partial charge in [-0.25, -0.2) is 23.1 Å². The van der Waals surface area contributed by atoms with Crippen molar-refractivity contribution in [1.29, 1.82) is 0 Å². The second kappa shape index (κ2) is 10.7. The number of allylic oxidation sites excluding steroid dienone is 1. The number of hydrogen-bond donors (Lipinski definition) is 7. The van der Waals surface area contributed by atoms with Crippen LogP contribution < -0.4 is 17.0 Å². The predicted molar refractivity (Wildman–Crippen MR) is 121 cm³/mol. The predicted octanol–water partition coefficient (Wildman–Crippen LogP) is -2.93. The Morgan fingerprint density at radius 1 is 1.03 bits per heavy atom. The molecule has 2 aliphatic rings. The van der Waals surface area contributed by atoms with E-state index < -0.39 is 88.7 Å². The van der Waals surface area contributed by atoms with Crippen LogP contribution in [-0.4, -0.2) is 75.4 Å². The molecule has 2 unspecified atom stereocenters. The van der Waals surface area contributed by atoms with E-state index in [1.165, 1.54) is 0 Å². The number of ketones is 2. The monoisotopic (exact) mass is 621 g/mol. The molecule has 6 atom stereocenters. The molecule has 1 saturated carbocycles. The van der Waals surface area contributed by atoms with Gasteiger partial charge in [0.1, 0.15) is 18.3 Å². The van der Waals surface area contributed by atoms with Crippen LogP contribution in [0.2, 0.25) is 0 Å². The third-order valence-electron chi connectivity index (χ3n) is 5.63. The zero-order chi connectivity index (χ0) is 29.7. The van der Waals surface area contributed by atoms with Gasteiger partial charge in [-0.1, -0.05) is 6.58 Å². The van der Waals surface area contributed by atoms with E-state index in [1.807, 2.05) is 0 Å². The Morgan fingerprint density at radius 3 is 2.10 bits per heavy atom. The van der Waals surface area contributed by atoms with Gasteiger partial charge in [0, 0.05) is 30.8 Å². The molecule has 2 fully saturated rings. The zero-order valence-corrected chi connectivity index (χ0v) is 22.0. The van der Waals surface area contributed by atoms with Crippen molar-refractivity contribution >= 4 is 35.0 Å². The van der Waals surface area contributed by atoms with Crippen LogP contribution in [0.4, 0.5) is 0 Å². The molecule has 1 aromatic heterocycles. The number of aliphatic hydroxyl groups is 2. The molecule has 0 aromatic carbocycles. The van der Waals surface area contributed by atoms with Crippen LogP contribution >= 0.6 is 23.5 Å². The molecule has 1 aromatic rings. The summed E-state index contributed by atoms with van der Waals surface area (Å²) in [6.07, 6.45) is -7.51. The Kier molecular flexibility index (Phi) is 8.59. The topological polar surface area (TPSA) is 314 Å². The van der Waals surface area contributed by atoms with Crippen LogP contribution in [0.25, 0.3) is 0 Å². The number of nitrogens with zero attached hydrogens (tertiary/aromatic N) is 2. The van der Waals surface area contributed by atoms with Gasteiger partial charge in [-0.05, 0) is 0 Å². The number of carbonyl (C=O) groups excluding carboxylic acids is 2. The van der Waals surface area contributed by atoms with Crippen molar-refractivity contribution < 1.29 is 71.0 Å². The number of ether oxygens (including phenoxy) is 1. The highest BCUT2D eigenvalue weighted by Gasteiger charge is 2.55. The SMILES string of the molecule is C=C(N)C1(n2c(=O)ccn([C@@H]3O[C@H](COP(=O)(O)OP(=O)(O)OP(=O)(O)O)[C@@H](O)[C@H]3O)c2=O)C(=O)CCC1=O. The zero-order valence-electron chi connectivity index (χ0n) is 19.3. The molecule has 8 N–H and O–H groups in total. The fourth-order valence-electron chi connectivity index (χ4n) is 4.06. The summed E-state index contributed by atoms with van der Waals surface area (Å²) in [5.74, 6) is -1.78. The molecular formula is C16H22N3O17P3. The number of hydrogen-bond acceptors (Lipinski definition) is 14. The van der Waals surface area contributed by atoms with Crippen LogP contribution in [-0.2, 0) is 46.7 Å². The molecule has 0 amide bonds. The second-order valence-corrected chi connectivity index (χ2v) is 12.6. The molecular weight excluding hydrogens is 599 g/mol. The summed E-state index contributed by atoms with van der Waals surface area (Å²) in [7, 11) is -17.1. The fraction of sp³-hybridized carbons (Fsp3) is 0.500. The van der Waals surface area contributed by atoms with Gasteiger partial charge in [-0.15, -0.1) is 0 Å². The maximum absolute atomic E-state index is 13.3. The standard InChI is InChI=1S/C16H22N3O17P3/c1-7(17)16(9(20)2-3-10(16)21)19-11(22)4-5-18(15(19)25)14-13(24)12(23)8(34-14)6-33-38(29,30)36-39(31,32)35-37(26,27)28/h4-5,8,12-14,23-24H,1-3,6,17H2,(H,29,30)(H,31,32)(H2,26,27,28)/t8-,12-,13-,14-/m1/s1. The number of nitrogens with two attached hydrogens (primary N) is 1. The van der Waals surface area contributed by atoms with Gasteiger partial charge in [-0.3, -0.25) is 23.5 Å². The van der Waals surface area contributed by atoms with Crippen LogP contribution in [0.15, 0.2) is 34.1 Å². The Balaban J connectivity index is 1.88. The number of phosphoric acid groups is 3. The first-order chi connectivity index (χ1) is 17.7. The van der Waals surface area contributed by atoms with E-state index in [0.29, 0.717) is 4.57 Å². The molecule has 20 nitrogen and oxygen atoms in total. The molecule has 0 bridgehead atoms. The van der Waals surface area contributed by atoms with Crippen molar-refractivity contribution in [3.63, 3.8) is 0 Å². The molecule has 39 heavy (non-hydrogen) atoms. The number of phosphoric ester groups is 1. The molecule has 0 radical (unpaired) electrons. The molecule has 1 saturated heterocycles. The van der Waals surface area contributed by atoms with E-state index in [0.717, 1.165) is 12.3 Å². The number of rotatable bonds is 10. The Bertz CT molecular complexity index is 1450. The van der Waals surface area contributed by atoms with E-state index in [2.05, 4.69) is 19.7 Å². The summed E-state index contributed by atoms with van der Waals surface area (Å²) in [4.78, 5) is 87.1. The van der Waals surface area contributed by atoms with Gasteiger partial charge in [0.25, 0.3) is 5.56 Å². The van der Waals surface area contributed by atoms with Gasteiger partial charge in [0.2, 0.25) is 5.54 Å². The lowest BCUT2D eigenvalue weighted by molar-refractivity contribution is -0.131. The average molecular weight is 621 g/mol. The van der Waals surface area contributed by atoms with Crippen LogP contribution in [0.1, 0.15) is 19.1 Å². The summed E-state index contributed by atoms with van der Waals surface area (Å²) in [6.45, 7) is 2.18. The largest absolute Gasteiger partial charge is 0.490 e. The first-order valence-electron chi connectivity index (χ1n) is 10.4. The highest BCUT2D eigenvalue weighted by molar-refractivity contribution is 7.66. The minimum Gasteiger partial charge on any atom is -0.400 e. The maximum Gasteiger partial charge on any atom is 0.490 e. The number of carbonyl (C=O) groups is 2. The van der Waals surface area contributed by atoms with E-state index in [-0.39, 0.29) is 17.4 Å². The van der Waals surface area contributed by atoms with Crippen molar-refractivity contribution in [3.05, 3.63) is 45.4 Å². The van der Waals surface area contributed by atoms with Gasteiger partial charge < -0.3 is 40.3 Å². The van der Waals surface area contributed by atoms with Crippen LogP contribution in [0.3, 0.4) is 0 Å². The molecule has 1 aliphatic heterocycles. The van der Waals surface area contributed by atoms with Crippen molar-refractivity contribution in [2.75, 3.05) is 6.61 Å². The van der Waals surface area contributed by atoms with Gasteiger partial charge in [0.05, 0.1) is 6.61 Å². The minimum absolute atomic E-state index is 0.231. The highest BCUT2D eigenvalue weighted by Crippen LogP contribution is 2.66. The summed E-state index contributed by atoms with van der Waals surface area (Å²) in [5.41, 5.74) is 0.0123. The summed E-state index contributed by atoms with van der Waals surface area (Å²) in [5, 5.41) is 20.7. The average Bonchev–Trinajstić information content (AvgIpc) is 3.21. The van der Waals surface area contributed by atoms with Gasteiger partial charge in [-0.2, -0.15) is 8.62 Å². The molecule has 0 spiro atoms. The van der Waals surface area contributed by atoms with Gasteiger partial charge >= 0.3 is 29.2 Å². The van der Waals surface area contributed by atoms with Crippen molar-refractivity contribution in [1.82, 2.24) is 9.13 Å². The summed E-state index contributed by atoms with van der Waals surface area (Å²) in [6, 6.07) is 0.729. The second-order valence-electron chi connectivity index (χ2n) is 8.19. The van der Waals surface area contributed by atoms with Gasteiger partial charge in [0.15, 0.2) is 17.8 Å². The lowest BCUT2D eigenvalue weighted by atomic mass is 9.91. The van der Waals surface area contributed by atoms with E-state index in [4.69, 9.17) is 20.3 Å². The summed E-state index contributed by atoms with van der Waals surface area (Å²) >= 11 is 0. The van der Waals surface area contributed by atoms with Crippen molar-refractivity contribution in [3.8, 4) is 0 Å². The summed E-state index contributed by atoms with van der Waals surface area (Å²) < 4.78 is 51.5. The lowest BCUT2D eigenvalue weighted by Crippen LogP contribution is -2.59. The quantitative estimate of drug-likeness (QED) is 0.102. The van der Waals surface area contributed by atoms with E-state index >= 15 is 0 Å². The smallest absolute Gasteiger partial charge is 0.400 e. The van der Waals surface area contributed by atoms with Crippen molar-refractivity contribution in [2.24, 2.45) is 5.73 Å². The first kappa shape index (κ1) is 31.4.